The highest BCUT2D eigenvalue weighted by molar-refractivity contribution is 4.94. The van der Waals surface area contributed by atoms with Crippen molar-refractivity contribution in [1.29, 1.82) is 0 Å². The second kappa shape index (κ2) is 6.58. The molecule has 0 aromatic rings. The molecule has 2 N–H and O–H groups in total. The van der Waals surface area contributed by atoms with Gasteiger partial charge in [-0.05, 0) is 32.8 Å². The molecule has 0 aromatic carbocycles. The molecule has 100 valence electrons. The predicted molar refractivity (Wildman–Crippen MR) is 74.6 cm³/mol. The van der Waals surface area contributed by atoms with Crippen LogP contribution >= 0.6 is 0 Å². The van der Waals surface area contributed by atoms with Gasteiger partial charge in [0, 0.05) is 11.7 Å². The van der Waals surface area contributed by atoms with Crippen LogP contribution in [0, 0.1) is 5.41 Å². The zero-order valence-corrected chi connectivity index (χ0v) is 12.2. The number of hydrogen-bond acceptors (Lipinski definition) is 3. The summed E-state index contributed by atoms with van der Waals surface area (Å²) in [5.74, 6) is 0.623. The quantitative estimate of drug-likeness (QED) is 0.671. The van der Waals surface area contributed by atoms with Crippen LogP contribution in [0.25, 0.3) is 0 Å². The highest BCUT2D eigenvalue weighted by Crippen LogP contribution is 2.20. The SMILES string of the molecule is C=C(C)NC(COC(=C)NC(C)C)C(C)(C)C. The van der Waals surface area contributed by atoms with E-state index in [1.54, 1.807) is 0 Å². The number of rotatable bonds is 7. The fourth-order valence-corrected chi connectivity index (χ4v) is 1.35. The van der Waals surface area contributed by atoms with E-state index in [0.29, 0.717) is 18.5 Å². The molecule has 0 aromatic heterocycles. The molecule has 17 heavy (non-hydrogen) atoms. The predicted octanol–water partition coefficient (Wildman–Crippen LogP) is 3.01. The van der Waals surface area contributed by atoms with Gasteiger partial charge in [-0.25, -0.2) is 0 Å². The fourth-order valence-electron chi connectivity index (χ4n) is 1.35. The van der Waals surface area contributed by atoms with Crippen LogP contribution in [0.15, 0.2) is 24.7 Å². The van der Waals surface area contributed by atoms with Crippen molar-refractivity contribution in [2.75, 3.05) is 6.61 Å². The van der Waals surface area contributed by atoms with Crippen LogP contribution in [-0.4, -0.2) is 18.7 Å². The van der Waals surface area contributed by atoms with Crippen LogP contribution in [0.3, 0.4) is 0 Å². The second-order valence-corrected chi connectivity index (χ2v) is 5.88. The van der Waals surface area contributed by atoms with E-state index in [0.717, 1.165) is 5.70 Å². The molecule has 0 aliphatic carbocycles. The standard InChI is InChI=1S/C14H28N2O/c1-10(2)15-12(5)17-9-13(14(6,7)8)16-11(3)4/h10,13,15-16H,3,5,9H2,1-2,4,6-8H3. The minimum Gasteiger partial charge on any atom is -0.477 e. The fraction of sp³-hybridized carbons (Fsp3) is 0.714. The summed E-state index contributed by atoms with van der Waals surface area (Å²) in [6.07, 6.45) is 0. The van der Waals surface area contributed by atoms with Crippen LogP contribution in [0.5, 0.6) is 0 Å². The Bertz CT molecular complexity index is 264. The molecule has 0 aliphatic heterocycles. The highest BCUT2D eigenvalue weighted by Gasteiger charge is 2.25. The van der Waals surface area contributed by atoms with Gasteiger partial charge in [0.25, 0.3) is 0 Å². The van der Waals surface area contributed by atoms with E-state index < -0.39 is 0 Å². The van der Waals surface area contributed by atoms with Crippen molar-refractivity contribution in [2.24, 2.45) is 5.41 Å². The molecule has 0 fully saturated rings. The van der Waals surface area contributed by atoms with E-state index >= 15 is 0 Å². The van der Waals surface area contributed by atoms with Crippen molar-refractivity contribution in [3.05, 3.63) is 24.7 Å². The van der Waals surface area contributed by atoms with Gasteiger partial charge in [-0.1, -0.05) is 27.4 Å². The Morgan fingerprint density at radius 3 is 2.06 bits per heavy atom. The lowest BCUT2D eigenvalue weighted by Gasteiger charge is -2.32. The summed E-state index contributed by atoms with van der Waals surface area (Å²) in [5, 5.41) is 6.48. The van der Waals surface area contributed by atoms with E-state index in [1.165, 1.54) is 0 Å². The summed E-state index contributed by atoms with van der Waals surface area (Å²) in [7, 11) is 0. The van der Waals surface area contributed by atoms with Crippen molar-refractivity contribution in [1.82, 2.24) is 10.6 Å². The summed E-state index contributed by atoms with van der Waals surface area (Å²) in [6, 6.07) is 0.551. The molecule has 1 unspecified atom stereocenters. The Morgan fingerprint density at radius 1 is 1.18 bits per heavy atom. The Labute approximate surface area is 106 Å². The van der Waals surface area contributed by atoms with Gasteiger partial charge in [-0.3, -0.25) is 0 Å². The number of nitrogens with one attached hydrogen (secondary N) is 2. The van der Waals surface area contributed by atoms with Gasteiger partial charge in [0.15, 0.2) is 5.88 Å². The topological polar surface area (TPSA) is 33.3 Å². The Kier molecular flexibility index (Phi) is 6.14. The molecule has 0 heterocycles. The van der Waals surface area contributed by atoms with Crippen molar-refractivity contribution < 1.29 is 4.74 Å². The minimum absolute atomic E-state index is 0.108. The molecule has 0 spiro atoms. The monoisotopic (exact) mass is 240 g/mol. The minimum atomic E-state index is 0.108. The van der Waals surface area contributed by atoms with E-state index in [9.17, 15) is 0 Å². The van der Waals surface area contributed by atoms with Crippen LogP contribution in [0.2, 0.25) is 0 Å². The molecule has 0 bridgehead atoms. The van der Waals surface area contributed by atoms with E-state index in [1.807, 2.05) is 6.92 Å². The Balaban J connectivity index is 4.27. The summed E-state index contributed by atoms with van der Waals surface area (Å²) >= 11 is 0. The van der Waals surface area contributed by atoms with Crippen molar-refractivity contribution >= 4 is 0 Å². The van der Waals surface area contributed by atoms with Crippen LogP contribution in [0.1, 0.15) is 41.5 Å². The Hall–Kier alpha value is -1.12. The van der Waals surface area contributed by atoms with Gasteiger partial charge in [-0.2, -0.15) is 0 Å². The van der Waals surface area contributed by atoms with Gasteiger partial charge in [-0.15, -0.1) is 0 Å². The third-order valence-electron chi connectivity index (χ3n) is 2.34. The maximum atomic E-state index is 5.63. The van der Waals surface area contributed by atoms with Gasteiger partial charge >= 0.3 is 0 Å². The molecule has 1 atom stereocenters. The zero-order chi connectivity index (χ0) is 13.6. The van der Waals surface area contributed by atoms with Gasteiger partial charge in [0.05, 0.1) is 6.04 Å². The lowest BCUT2D eigenvalue weighted by molar-refractivity contribution is 0.116. The molecular weight excluding hydrogens is 212 g/mol. The smallest absolute Gasteiger partial charge is 0.179 e. The second-order valence-electron chi connectivity index (χ2n) is 5.88. The average molecular weight is 240 g/mol. The number of hydrogen-bond donors (Lipinski definition) is 2. The first-order valence-corrected chi connectivity index (χ1v) is 6.13. The summed E-state index contributed by atoms with van der Waals surface area (Å²) in [5.41, 5.74) is 1.06. The molecule has 0 saturated carbocycles. The maximum Gasteiger partial charge on any atom is 0.179 e. The summed E-state index contributed by atoms with van der Waals surface area (Å²) < 4.78 is 5.63. The average Bonchev–Trinajstić information content (AvgIpc) is 2.08. The molecule has 3 heteroatoms. The first kappa shape index (κ1) is 15.9. The maximum absolute atomic E-state index is 5.63. The zero-order valence-electron chi connectivity index (χ0n) is 12.2. The van der Waals surface area contributed by atoms with Gasteiger partial charge in [0.2, 0.25) is 0 Å². The van der Waals surface area contributed by atoms with Crippen molar-refractivity contribution in [3.8, 4) is 0 Å². The van der Waals surface area contributed by atoms with E-state index in [2.05, 4.69) is 58.4 Å². The van der Waals surface area contributed by atoms with Crippen LogP contribution < -0.4 is 10.6 Å². The Morgan fingerprint density at radius 2 is 1.71 bits per heavy atom. The van der Waals surface area contributed by atoms with Crippen LogP contribution in [-0.2, 0) is 4.74 Å². The van der Waals surface area contributed by atoms with Crippen LogP contribution in [0.4, 0.5) is 0 Å². The molecule has 0 radical (unpaired) electrons. The number of ether oxygens (including phenoxy) is 1. The third-order valence-corrected chi connectivity index (χ3v) is 2.34. The molecule has 0 aliphatic rings. The largest absolute Gasteiger partial charge is 0.477 e. The normalized spacial score (nSPS) is 13.1. The van der Waals surface area contributed by atoms with Gasteiger partial charge < -0.3 is 15.4 Å². The number of allylic oxidation sites excluding steroid dienone is 1. The highest BCUT2D eigenvalue weighted by atomic mass is 16.5. The third kappa shape index (κ3) is 7.72. The van der Waals surface area contributed by atoms with E-state index in [-0.39, 0.29) is 11.5 Å². The molecule has 0 saturated heterocycles. The lowest BCUT2D eigenvalue weighted by Crippen LogP contribution is -2.43. The van der Waals surface area contributed by atoms with E-state index in [4.69, 9.17) is 4.74 Å². The summed E-state index contributed by atoms with van der Waals surface area (Å²) in [4.78, 5) is 0. The lowest BCUT2D eigenvalue weighted by atomic mass is 9.87. The first-order valence-electron chi connectivity index (χ1n) is 6.13. The molecule has 0 rings (SSSR count). The van der Waals surface area contributed by atoms with Gasteiger partial charge in [0.1, 0.15) is 6.61 Å². The van der Waals surface area contributed by atoms with Crippen molar-refractivity contribution in [2.45, 2.75) is 53.6 Å². The molecular formula is C14H28N2O. The molecule has 0 amide bonds. The summed E-state index contributed by atoms with van der Waals surface area (Å²) in [6.45, 7) is 20.9. The van der Waals surface area contributed by atoms with Crippen molar-refractivity contribution in [3.63, 3.8) is 0 Å². The molecule has 3 nitrogen and oxygen atoms in total. The first-order chi connectivity index (χ1) is 7.62.